The largest absolute Gasteiger partial charge is 0.411 e. The summed E-state index contributed by atoms with van der Waals surface area (Å²) in [4.78, 5) is 0. The molecular formula is C19H42O5Si2. The highest BCUT2D eigenvalue weighted by Crippen LogP contribution is 2.44. The lowest BCUT2D eigenvalue weighted by Gasteiger charge is -2.51. The average molecular weight is 407 g/mol. The summed E-state index contributed by atoms with van der Waals surface area (Å²) in [6, 6.07) is 0. The maximum atomic E-state index is 10.8. The van der Waals surface area contributed by atoms with E-state index >= 15 is 0 Å². The van der Waals surface area contributed by atoms with Crippen LogP contribution in [-0.4, -0.2) is 62.5 Å². The Bertz CT molecular complexity index is 481. The topological polar surface area (TPSA) is 79.2 Å². The van der Waals surface area contributed by atoms with E-state index in [0.29, 0.717) is 0 Å². The van der Waals surface area contributed by atoms with Crippen LogP contribution in [0.3, 0.4) is 0 Å². The maximum Gasteiger partial charge on any atom is 0.192 e. The molecule has 0 amide bonds. The van der Waals surface area contributed by atoms with Crippen LogP contribution >= 0.6 is 0 Å². The molecule has 0 spiro atoms. The highest BCUT2D eigenvalue weighted by Gasteiger charge is 2.52. The third kappa shape index (κ3) is 5.40. The summed E-state index contributed by atoms with van der Waals surface area (Å²) in [6.45, 7) is 21.3. The Morgan fingerprint density at radius 3 is 1.69 bits per heavy atom. The van der Waals surface area contributed by atoms with E-state index in [-0.39, 0.29) is 29.5 Å². The fourth-order valence-electron chi connectivity index (χ4n) is 2.79. The Morgan fingerprint density at radius 2 is 1.31 bits per heavy atom. The zero-order valence-electron chi connectivity index (χ0n) is 18.5. The zero-order valence-corrected chi connectivity index (χ0v) is 20.5. The van der Waals surface area contributed by atoms with Gasteiger partial charge in [0.2, 0.25) is 0 Å². The number of hydrogen-bond donors (Lipinski definition) is 3. The fourth-order valence-corrected chi connectivity index (χ4v) is 5.46. The van der Waals surface area contributed by atoms with Crippen molar-refractivity contribution < 1.29 is 24.2 Å². The van der Waals surface area contributed by atoms with E-state index in [4.69, 9.17) is 8.85 Å². The molecule has 1 rings (SSSR count). The minimum absolute atomic E-state index is 0.00819. The minimum Gasteiger partial charge on any atom is -0.411 e. The van der Waals surface area contributed by atoms with Crippen molar-refractivity contribution in [1.29, 1.82) is 0 Å². The molecule has 3 N–H and O–H groups in total. The zero-order chi connectivity index (χ0) is 20.8. The van der Waals surface area contributed by atoms with E-state index in [1.165, 1.54) is 0 Å². The van der Waals surface area contributed by atoms with Crippen molar-refractivity contribution in [1.82, 2.24) is 0 Å². The molecule has 5 nitrogen and oxygen atoms in total. The first kappa shape index (κ1) is 24.3. The Kier molecular flexibility index (Phi) is 7.07. The van der Waals surface area contributed by atoms with Gasteiger partial charge in [-0.05, 0) is 36.3 Å². The molecule has 0 unspecified atom stereocenters. The lowest BCUT2D eigenvalue weighted by Crippen LogP contribution is -2.62. The molecule has 1 aliphatic rings. The highest BCUT2D eigenvalue weighted by atomic mass is 28.4. The van der Waals surface area contributed by atoms with Gasteiger partial charge in [-0.15, -0.1) is 0 Å². The van der Waals surface area contributed by atoms with Gasteiger partial charge in [-0.1, -0.05) is 41.5 Å². The predicted octanol–water partition coefficient (Wildman–Crippen LogP) is 3.65. The molecule has 26 heavy (non-hydrogen) atoms. The van der Waals surface area contributed by atoms with Crippen molar-refractivity contribution >= 4 is 16.6 Å². The molecular weight excluding hydrogens is 364 g/mol. The van der Waals surface area contributed by atoms with Crippen LogP contribution in [0.2, 0.25) is 36.3 Å². The predicted molar refractivity (Wildman–Crippen MR) is 111 cm³/mol. The SMILES string of the molecule is CC(C)(C)[Si](C)(C)O[C@H]1[C@H](O)C[C@](O)(CO)C[C@H]1O[Si](C)(C)C(C)(C)C. The summed E-state index contributed by atoms with van der Waals surface area (Å²) >= 11 is 0. The van der Waals surface area contributed by atoms with Gasteiger partial charge in [0.05, 0.1) is 30.5 Å². The second-order valence-electron chi connectivity index (χ2n) is 11.1. The molecule has 4 atom stereocenters. The van der Waals surface area contributed by atoms with Crippen molar-refractivity contribution in [3.63, 3.8) is 0 Å². The minimum atomic E-state index is -2.13. The van der Waals surface area contributed by atoms with Crippen molar-refractivity contribution in [3.8, 4) is 0 Å². The molecule has 0 saturated heterocycles. The van der Waals surface area contributed by atoms with Crippen molar-refractivity contribution in [2.75, 3.05) is 6.61 Å². The summed E-state index contributed by atoms with van der Waals surface area (Å²) in [5.74, 6) is 0. The van der Waals surface area contributed by atoms with E-state index in [1.54, 1.807) is 0 Å². The van der Waals surface area contributed by atoms with Crippen molar-refractivity contribution in [2.45, 2.75) is 115 Å². The quantitative estimate of drug-likeness (QED) is 0.607. The standard InChI is InChI=1S/C19H42O5Si2/c1-17(2,3)25(7,8)23-15-12-19(22,13-20)11-14(21)16(15)24-26(9,10)18(4,5)6/h14-16,20-22H,11-13H2,1-10H3/t14-,15-,16+,19-/m1/s1. The Labute approximate surface area is 162 Å². The van der Waals surface area contributed by atoms with Gasteiger partial charge in [0, 0.05) is 12.8 Å². The summed E-state index contributed by atoms with van der Waals surface area (Å²) in [5, 5.41) is 31.1. The van der Waals surface area contributed by atoms with Crippen LogP contribution in [0.4, 0.5) is 0 Å². The average Bonchev–Trinajstić information content (AvgIpc) is 2.40. The molecule has 156 valence electrons. The number of aliphatic hydroxyl groups excluding tert-OH is 2. The van der Waals surface area contributed by atoms with Gasteiger partial charge in [-0.3, -0.25) is 0 Å². The number of hydrogen-bond acceptors (Lipinski definition) is 5. The molecule has 0 aromatic carbocycles. The van der Waals surface area contributed by atoms with Crippen LogP contribution in [0.25, 0.3) is 0 Å². The molecule has 1 fully saturated rings. The van der Waals surface area contributed by atoms with Crippen LogP contribution in [0, 0.1) is 0 Å². The molecule has 0 aromatic heterocycles. The summed E-state index contributed by atoms with van der Waals surface area (Å²) in [5.41, 5.74) is -1.32. The van der Waals surface area contributed by atoms with Gasteiger partial charge >= 0.3 is 0 Å². The third-order valence-corrected chi connectivity index (χ3v) is 15.7. The smallest absolute Gasteiger partial charge is 0.192 e. The second kappa shape index (κ2) is 7.57. The van der Waals surface area contributed by atoms with Gasteiger partial charge in [-0.25, -0.2) is 0 Å². The summed E-state index contributed by atoms with van der Waals surface area (Å²) in [7, 11) is -4.25. The molecule has 0 aromatic rings. The highest BCUT2D eigenvalue weighted by molar-refractivity contribution is 6.74. The van der Waals surface area contributed by atoms with Crippen molar-refractivity contribution in [2.24, 2.45) is 0 Å². The van der Waals surface area contributed by atoms with Gasteiger partial charge in [0.25, 0.3) is 0 Å². The maximum absolute atomic E-state index is 10.8. The molecule has 1 aliphatic carbocycles. The summed E-state index contributed by atoms with van der Waals surface area (Å²) < 4.78 is 13.1. The fraction of sp³-hybridized carbons (Fsp3) is 1.00. The Morgan fingerprint density at radius 1 is 0.885 bits per heavy atom. The van der Waals surface area contributed by atoms with Crippen LogP contribution < -0.4 is 0 Å². The normalized spacial score (nSPS) is 32.0. The second-order valence-corrected chi connectivity index (χ2v) is 20.6. The van der Waals surface area contributed by atoms with Crippen LogP contribution in [0.5, 0.6) is 0 Å². The van der Waals surface area contributed by atoms with E-state index in [0.717, 1.165) is 0 Å². The van der Waals surface area contributed by atoms with E-state index < -0.39 is 40.5 Å². The van der Waals surface area contributed by atoms with Gasteiger partial charge in [-0.2, -0.15) is 0 Å². The molecule has 1 saturated carbocycles. The molecule has 0 radical (unpaired) electrons. The summed E-state index contributed by atoms with van der Waals surface area (Å²) in [6.07, 6.45) is -1.36. The van der Waals surface area contributed by atoms with Crippen LogP contribution in [0.1, 0.15) is 54.4 Å². The molecule has 0 aliphatic heterocycles. The number of rotatable bonds is 5. The Hall–Kier alpha value is 0.234. The molecule has 0 heterocycles. The molecule has 0 bridgehead atoms. The van der Waals surface area contributed by atoms with E-state index in [2.05, 4.69) is 67.7 Å². The first-order chi connectivity index (χ1) is 11.4. The van der Waals surface area contributed by atoms with Crippen molar-refractivity contribution in [3.05, 3.63) is 0 Å². The third-order valence-electron chi connectivity index (χ3n) is 6.70. The first-order valence-electron chi connectivity index (χ1n) is 9.72. The lowest BCUT2D eigenvalue weighted by molar-refractivity contribution is -0.158. The lowest BCUT2D eigenvalue weighted by atomic mass is 9.80. The first-order valence-corrected chi connectivity index (χ1v) is 15.5. The Balaban J connectivity index is 3.19. The molecule has 7 heteroatoms. The van der Waals surface area contributed by atoms with Gasteiger partial charge in [0.1, 0.15) is 0 Å². The van der Waals surface area contributed by atoms with Gasteiger partial charge < -0.3 is 24.2 Å². The van der Waals surface area contributed by atoms with E-state index in [9.17, 15) is 15.3 Å². The van der Waals surface area contributed by atoms with E-state index in [1.807, 2.05) is 0 Å². The number of aliphatic hydroxyl groups is 3. The van der Waals surface area contributed by atoms with Gasteiger partial charge in [0.15, 0.2) is 16.6 Å². The van der Waals surface area contributed by atoms with Crippen LogP contribution in [0.15, 0.2) is 0 Å². The monoisotopic (exact) mass is 406 g/mol. The van der Waals surface area contributed by atoms with Crippen LogP contribution in [-0.2, 0) is 8.85 Å².